The Kier molecular flexibility index (Phi) is 6.26. The zero-order chi connectivity index (χ0) is 17.5. The molecule has 0 heterocycles. The van der Waals surface area contributed by atoms with Gasteiger partial charge >= 0.3 is 0 Å². The fraction of sp³-hybridized carbons (Fsp3) is 0.364. The quantitative estimate of drug-likeness (QED) is 0.726. The normalized spacial score (nSPS) is 17.6. The number of aryl methyl sites for hydroxylation is 1. The number of nitrogens with one attached hydrogen (secondary N) is 1. The van der Waals surface area contributed by atoms with Crippen molar-refractivity contribution in [1.29, 1.82) is 0 Å². The molecule has 2 N–H and O–H groups in total. The summed E-state index contributed by atoms with van der Waals surface area (Å²) in [4.78, 5) is 0. The number of benzene rings is 2. The maximum absolute atomic E-state index is 10.2. The van der Waals surface area contributed by atoms with E-state index < -0.39 is 6.10 Å². The van der Waals surface area contributed by atoms with Crippen molar-refractivity contribution in [2.24, 2.45) is 0 Å². The summed E-state index contributed by atoms with van der Waals surface area (Å²) >= 11 is 0. The molecule has 0 bridgehead atoms. The molecular weight excluding hydrogens is 310 g/mol. The van der Waals surface area contributed by atoms with E-state index in [4.69, 9.17) is 4.74 Å². The van der Waals surface area contributed by atoms with Gasteiger partial charge in [0, 0.05) is 12.6 Å². The lowest BCUT2D eigenvalue weighted by Gasteiger charge is -2.26. The van der Waals surface area contributed by atoms with Gasteiger partial charge in [-0.25, -0.2) is 0 Å². The van der Waals surface area contributed by atoms with Gasteiger partial charge in [-0.2, -0.15) is 0 Å². The third-order valence-corrected chi connectivity index (χ3v) is 4.76. The van der Waals surface area contributed by atoms with E-state index >= 15 is 0 Å². The van der Waals surface area contributed by atoms with Gasteiger partial charge in [0.1, 0.15) is 18.5 Å². The van der Waals surface area contributed by atoms with E-state index in [0.717, 1.165) is 37.0 Å². The minimum Gasteiger partial charge on any atom is -0.491 e. The Balaban J connectivity index is 1.45. The fourth-order valence-electron chi connectivity index (χ4n) is 3.39. The van der Waals surface area contributed by atoms with Crippen molar-refractivity contribution < 1.29 is 9.84 Å². The van der Waals surface area contributed by atoms with Crippen LogP contribution < -0.4 is 10.1 Å². The molecule has 25 heavy (non-hydrogen) atoms. The molecule has 0 spiro atoms. The van der Waals surface area contributed by atoms with Crippen LogP contribution >= 0.6 is 0 Å². The van der Waals surface area contributed by atoms with Crippen LogP contribution in [0.1, 0.15) is 23.1 Å². The van der Waals surface area contributed by atoms with E-state index in [9.17, 15) is 5.11 Å². The highest BCUT2D eigenvalue weighted by Gasteiger charge is 2.18. The van der Waals surface area contributed by atoms with E-state index in [2.05, 4.69) is 36.2 Å². The highest BCUT2D eigenvalue weighted by Crippen LogP contribution is 2.21. The standard InChI is InChI=1S/C22H27NO2/c1-2-7-18-9-5-6-11-22(18)25-16-21(24)15-23-20-13-12-17-8-3-4-10-19(17)14-20/h2-6,8-11,20-21,23-24H,1,7,12-16H2/t20-,21+/m0/s1. The van der Waals surface area contributed by atoms with Gasteiger partial charge in [-0.05, 0) is 48.4 Å². The molecule has 0 aliphatic heterocycles. The molecule has 1 aliphatic carbocycles. The maximum atomic E-state index is 10.2. The Morgan fingerprint density at radius 1 is 1.16 bits per heavy atom. The molecule has 2 atom stereocenters. The second-order valence-corrected chi connectivity index (χ2v) is 6.68. The summed E-state index contributed by atoms with van der Waals surface area (Å²) in [5, 5.41) is 13.7. The molecule has 1 aliphatic rings. The van der Waals surface area contributed by atoms with Crippen LogP contribution in [0.15, 0.2) is 61.2 Å². The molecule has 0 radical (unpaired) electrons. The van der Waals surface area contributed by atoms with Gasteiger partial charge in [0.25, 0.3) is 0 Å². The van der Waals surface area contributed by atoms with Crippen molar-refractivity contribution in [2.45, 2.75) is 37.8 Å². The molecule has 3 rings (SSSR count). The van der Waals surface area contributed by atoms with Crippen LogP contribution in [0.2, 0.25) is 0 Å². The van der Waals surface area contributed by atoms with Gasteiger partial charge in [0.2, 0.25) is 0 Å². The molecule has 132 valence electrons. The first kappa shape index (κ1) is 17.7. The largest absolute Gasteiger partial charge is 0.491 e. The Hall–Kier alpha value is -2.10. The lowest BCUT2D eigenvalue weighted by atomic mass is 9.88. The Labute approximate surface area is 150 Å². The molecule has 0 amide bonds. The van der Waals surface area contributed by atoms with E-state index in [1.54, 1.807) is 0 Å². The number of hydrogen-bond acceptors (Lipinski definition) is 3. The minimum atomic E-state index is -0.519. The number of aliphatic hydroxyl groups is 1. The number of hydrogen-bond donors (Lipinski definition) is 2. The summed E-state index contributed by atoms with van der Waals surface area (Å²) in [6.07, 6.45) is 5.37. The topological polar surface area (TPSA) is 41.5 Å². The van der Waals surface area contributed by atoms with Crippen LogP contribution in [0, 0.1) is 0 Å². The van der Waals surface area contributed by atoms with Crippen LogP contribution in [0.4, 0.5) is 0 Å². The third-order valence-electron chi connectivity index (χ3n) is 4.76. The monoisotopic (exact) mass is 337 g/mol. The number of ether oxygens (including phenoxy) is 1. The van der Waals surface area contributed by atoms with Gasteiger partial charge in [-0.15, -0.1) is 6.58 Å². The Morgan fingerprint density at radius 2 is 1.92 bits per heavy atom. The second kappa shape index (κ2) is 8.84. The van der Waals surface area contributed by atoms with Crippen molar-refractivity contribution in [3.63, 3.8) is 0 Å². The van der Waals surface area contributed by atoms with E-state index in [1.807, 2.05) is 30.3 Å². The molecule has 3 nitrogen and oxygen atoms in total. The average Bonchev–Trinajstić information content (AvgIpc) is 2.66. The molecular formula is C22H27NO2. The van der Waals surface area contributed by atoms with Gasteiger partial charge in [0.15, 0.2) is 0 Å². The molecule has 0 saturated carbocycles. The molecule has 2 aromatic rings. The lowest BCUT2D eigenvalue weighted by Crippen LogP contribution is -2.40. The van der Waals surface area contributed by atoms with Gasteiger partial charge < -0.3 is 15.2 Å². The predicted octanol–water partition coefficient (Wildman–Crippen LogP) is 3.30. The molecule has 0 aromatic heterocycles. The van der Waals surface area contributed by atoms with E-state index in [0.29, 0.717) is 19.2 Å². The lowest BCUT2D eigenvalue weighted by molar-refractivity contribution is 0.102. The number of rotatable bonds is 8. The van der Waals surface area contributed by atoms with Crippen molar-refractivity contribution in [3.8, 4) is 5.75 Å². The minimum absolute atomic E-state index is 0.296. The van der Waals surface area contributed by atoms with Crippen molar-refractivity contribution in [2.75, 3.05) is 13.2 Å². The maximum Gasteiger partial charge on any atom is 0.122 e. The summed E-state index contributed by atoms with van der Waals surface area (Å²) in [5.41, 5.74) is 3.99. The van der Waals surface area contributed by atoms with Crippen LogP contribution in [0.5, 0.6) is 5.75 Å². The predicted molar refractivity (Wildman–Crippen MR) is 102 cm³/mol. The summed E-state index contributed by atoms with van der Waals surface area (Å²) in [7, 11) is 0. The summed E-state index contributed by atoms with van der Waals surface area (Å²) in [6.45, 7) is 4.62. The van der Waals surface area contributed by atoms with E-state index in [-0.39, 0.29) is 0 Å². The molecule has 0 saturated heterocycles. The summed E-state index contributed by atoms with van der Waals surface area (Å²) in [5.74, 6) is 0.827. The fourth-order valence-corrected chi connectivity index (χ4v) is 3.39. The molecule has 0 fully saturated rings. The SMILES string of the molecule is C=CCc1ccccc1OC[C@H](O)CN[C@H]1CCc2ccccc2C1. The number of aliphatic hydroxyl groups excluding tert-OH is 1. The Morgan fingerprint density at radius 3 is 2.76 bits per heavy atom. The smallest absolute Gasteiger partial charge is 0.122 e. The molecule has 3 heteroatoms. The van der Waals surface area contributed by atoms with Gasteiger partial charge in [0.05, 0.1) is 0 Å². The zero-order valence-electron chi connectivity index (χ0n) is 14.7. The van der Waals surface area contributed by atoms with Crippen LogP contribution in [-0.2, 0) is 19.3 Å². The number of allylic oxidation sites excluding steroid dienone is 1. The number of fused-ring (bicyclic) bond motifs is 1. The van der Waals surface area contributed by atoms with Crippen LogP contribution in [0.3, 0.4) is 0 Å². The van der Waals surface area contributed by atoms with Crippen LogP contribution in [-0.4, -0.2) is 30.4 Å². The summed E-state index contributed by atoms with van der Waals surface area (Å²) in [6, 6.07) is 17.0. The van der Waals surface area contributed by atoms with Crippen molar-refractivity contribution in [3.05, 3.63) is 77.9 Å². The molecule has 2 aromatic carbocycles. The highest BCUT2D eigenvalue weighted by atomic mass is 16.5. The van der Waals surface area contributed by atoms with E-state index in [1.165, 1.54) is 11.1 Å². The number of para-hydroxylation sites is 1. The second-order valence-electron chi connectivity index (χ2n) is 6.68. The van der Waals surface area contributed by atoms with Crippen LogP contribution in [0.25, 0.3) is 0 Å². The first-order chi connectivity index (χ1) is 12.3. The first-order valence-electron chi connectivity index (χ1n) is 9.06. The van der Waals surface area contributed by atoms with Crippen molar-refractivity contribution >= 4 is 0 Å². The average molecular weight is 337 g/mol. The third kappa shape index (κ3) is 4.94. The van der Waals surface area contributed by atoms with Gasteiger partial charge in [-0.1, -0.05) is 48.5 Å². The highest BCUT2D eigenvalue weighted by molar-refractivity contribution is 5.34. The van der Waals surface area contributed by atoms with Crippen molar-refractivity contribution in [1.82, 2.24) is 5.32 Å². The Bertz CT molecular complexity index is 698. The van der Waals surface area contributed by atoms with Gasteiger partial charge in [-0.3, -0.25) is 0 Å². The molecule has 0 unspecified atom stereocenters. The first-order valence-corrected chi connectivity index (χ1v) is 9.06. The summed E-state index contributed by atoms with van der Waals surface area (Å²) < 4.78 is 5.81. The zero-order valence-corrected chi connectivity index (χ0v) is 14.7.